The summed E-state index contributed by atoms with van der Waals surface area (Å²) >= 11 is 0. The van der Waals surface area contributed by atoms with Crippen LogP contribution in [0.15, 0.2) is 49.2 Å². The van der Waals surface area contributed by atoms with Crippen molar-refractivity contribution in [1.82, 2.24) is 24.8 Å². The molecule has 3 aromatic rings. The van der Waals surface area contributed by atoms with Gasteiger partial charge < -0.3 is 24.4 Å². The largest absolute Gasteiger partial charge is 0.454 e. The second kappa shape index (κ2) is 8.23. The minimum atomic E-state index is -0.600. The highest BCUT2D eigenvalue weighted by Gasteiger charge is 2.29. The minimum absolute atomic E-state index is 0.168. The van der Waals surface area contributed by atoms with E-state index in [9.17, 15) is 4.79 Å². The van der Waals surface area contributed by atoms with Crippen LogP contribution in [0.5, 0.6) is 11.5 Å². The highest BCUT2D eigenvalue weighted by molar-refractivity contribution is 5.82. The van der Waals surface area contributed by atoms with E-state index in [1.54, 1.807) is 29.5 Å². The molecule has 2 unspecified atom stereocenters. The van der Waals surface area contributed by atoms with Gasteiger partial charge in [-0.05, 0) is 30.7 Å². The quantitative estimate of drug-likeness (QED) is 0.659. The molecule has 0 spiro atoms. The fourth-order valence-electron chi connectivity index (χ4n) is 3.61. The number of fused-ring (bicyclic) bond motifs is 1. The number of imidazole rings is 1. The molecule has 10 heteroatoms. The summed E-state index contributed by atoms with van der Waals surface area (Å²) in [7, 11) is 0. The number of rotatable bonds is 5. The van der Waals surface area contributed by atoms with Crippen LogP contribution in [-0.4, -0.2) is 58.0 Å². The minimum Gasteiger partial charge on any atom is -0.454 e. The van der Waals surface area contributed by atoms with E-state index >= 15 is 0 Å². The first-order valence-electron chi connectivity index (χ1n) is 10.1. The lowest BCUT2D eigenvalue weighted by molar-refractivity contribution is -0.134. The maximum atomic E-state index is 12.9. The van der Waals surface area contributed by atoms with Gasteiger partial charge in [0, 0.05) is 25.1 Å². The Balaban J connectivity index is 1.25. The zero-order chi connectivity index (χ0) is 21.2. The molecular formula is C21H22N6O4. The number of benzene rings is 1. The summed E-state index contributed by atoms with van der Waals surface area (Å²) in [6.45, 7) is 3.62. The molecule has 160 valence electrons. The van der Waals surface area contributed by atoms with Gasteiger partial charge in [0.1, 0.15) is 12.1 Å². The number of carbonyl (C=O) groups is 1. The first-order chi connectivity index (χ1) is 15.2. The van der Waals surface area contributed by atoms with Crippen LogP contribution in [0, 0.1) is 0 Å². The Morgan fingerprint density at radius 3 is 3.00 bits per heavy atom. The van der Waals surface area contributed by atoms with Crippen LogP contribution in [0.25, 0.3) is 5.95 Å². The zero-order valence-corrected chi connectivity index (χ0v) is 17.0. The number of hydrogen-bond acceptors (Lipinski definition) is 8. The Bertz CT molecular complexity index is 1070. The lowest BCUT2D eigenvalue weighted by atomic mass is 10.1. The van der Waals surface area contributed by atoms with Crippen molar-refractivity contribution in [3.63, 3.8) is 0 Å². The molecule has 2 atom stereocenters. The van der Waals surface area contributed by atoms with E-state index in [2.05, 4.69) is 20.3 Å². The number of carbonyl (C=O) groups excluding carboxylic acids is 1. The maximum absolute atomic E-state index is 12.9. The fourth-order valence-corrected chi connectivity index (χ4v) is 3.61. The molecule has 0 radical (unpaired) electrons. The molecule has 4 heterocycles. The monoisotopic (exact) mass is 422 g/mol. The van der Waals surface area contributed by atoms with Gasteiger partial charge in [0.15, 0.2) is 17.6 Å². The van der Waals surface area contributed by atoms with Crippen LogP contribution in [-0.2, 0) is 9.53 Å². The van der Waals surface area contributed by atoms with Crippen LogP contribution in [0.4, 0.5) is 5.82 Å². The molecule has 1 amide bonds. The lowest BCUT2D eigenvalue weighted by Crippen LogP contribution is -2.50. The van der Waals surface area contributed by atoms with Gasteiger partial charge in [-0.1, -0.05) is 6.07 Å². The Morgan fingerprint density at radius 1 is 1.23 bits per heavy atom. The van der Waals surface area contributed by atoms with Crippen molar-refractivity contribution in [3.05, 3.63) is 54.7 Å². The summed E-state index contributed by atoms with van der Waals surface area (Å²) in [5, 5.41) is 3.03. The average molecular weight is 422 g/mol. The second-order valence-electron chi connectivity index (χ2n) is 7.33. The lowest BCUT2D eigenvalue weighted by Gasteiger charge is -2.33. The van der Waals surface area contributed by atoms with Gasteiger partial charge in [-0.15, -0.1) is 0 Å². The van der Waals surface area contributed by atoms with E-state index in [0.717, 1.165) is 11.4 Å². The molecule has 10 nitrogen and oxygen atoms in total. The molecule has 2 aliphatic rings. The van der Waals surface area contributed by atoms with Gasteiger partial charge >= 0.3 is 0 Å². The van der Waals surface area contributed by atoms with Crippen LogP contribution in [0.1, 0.15) is 18.5 Å². The number of morpholine rings is 1. The van der Waals surface area contributed by atoms with E-state index < -0.39 is 6.10 Å². The number of hydrogen-bond donors (Lipinski definition) is 1. The van der Waals surface area contributed by atoms with Crippen molar-refractivity contribution >= 4 is 11.7 Å². The van der Waals surface area contributed by atoms with E-state index in [0.29, 0.717) is 37.1 Å². The smallest absolute Gasteiger partial charge is 0.251 e. The van der Waals surface area contributed by atoms with Gasteiger partial charge in [0.25, 0.3) is 5.91 Å². The van der Waals surface area contributed by atoms with Crippen molar-refractivity contribution in [2.24, 2.45) is 0 Å². The number of amides is 1. The third-order valence-electron chi connectivity index (χ3n) is 5.30. The predicted molar refractivity (Wildman–Crippen MR) is 110 cm³/mol. The summed E-state index contributed by atoms with van der Waals surface area (Å²) in [4.78, 5) is 27.8. The third kappa shape index (κ3) is 4.02. The standard InChI is InChI=1S/C21H22N6O4/c1-14(15-2-3-16-17(10-15)31-13-30-16)24-20(28)18-11-26(8-9-29-18)19-4-5-23-21(25-19)27-7-6-22-12-27/h2-7,10,12,14,18H,8-9,11,13H2,1H3,(H,24,28). The van der Waals surface area contributed by atoms with E-state index in [1.807, 2.05) is 36.1 Å². The molecule has 1 fully saturated rings. The van der Waals surface area contributed by atoms with Crippen molar-refractivity contribution in [2.45, 2.75) is 19.1 Å². The topological polar surface area (TPSA) is 104 Å². The van der Waals surface area contributed by atoms with Gasteiger partial charge in [-0.3, -0.25) is 9.36 Å². The fraction of sp³-hybridized carbons (Fsp3) is 0.333. The molecule has 1 saturated heterocycles. The normalized spacial score (nSPS) is 18.6. The molecule has 5 rings (SSSR count). The summed E-state index contributed by atoms with van der Waals surface area (Å²) in [5.74, 6) is 2.51. The Hall–Kier alpha value is -3.66. The predicted octanol–water partition coefficient (Wildman–Crippen LogP) is 1.47. The van der Waals surface area contributed by atoms with E-state index in [-0.39, 0.29) is 18.7 Å². The summed E-state index contributed by atoms with van der Waals surface area (Å²) in [6, 6.07) is 7.29. The number of nitrogens with zero attached hydrogens (tertiary/aromatic N) is 5. The van der Waals surface area contributed by atoms with Crippen molar-refractivity contribution < 1.29 is 19.0 Å². The van der Waals surface area contributed by atoms with Crippen LogP contribution >= 0.6 is 0 Å². The second-order valence-corrected chi connectivity index (χ2v) is 7.33. The van der Waals surface area contributed by atoms with E-state index in [4.69, 9.17) is 14.2 Å². The molecule has 1 aromatic carbocycles. The Kier molecular flexibility index (Phi) is 5.13. The van der Waals surface area contributed by atoms with E-state index in [1.165, 1.54) is 0 Å². The number of ether oxygens (including phenoxy) is 3. The third-order valence-corrected chi connectivity index (χ3v) is 5.30. The summed E-state index contributed by atoms with van der Waals surface area (Å²) in [5.41, 5.74) is 0.936. The summed E-state index contributed by atoms with van der Waals surface area (Å²) < 4.78 is 18.3. The molecule has 0 saturated carbocycles. The highest BCUT2D eigenvalue weighted by atomic mass is 16.7. The zero-order valence-electron chi connectivity index (χ0n) is 17.0. The van der Waals surface area contributed by atoms with Gasteiger partial charge in [0.2, 0.25) is 12.7 Å². The molecule has 0 aliphatic carbocycles. The van der Waals surface area contributed by atoms with Crippen LogP contribution in [0.2, 0.25) is 0 Å². The molecule has 0 bridgehead atoms. The molecular weight excluding hydrogens is 400 g/mol. The number of aromatic nitrogens is 4. The molecule has 2 aliphatic heterocycles. The van der Waals surface area contributed by atoms with Crippen molar-refractivity contribution in [3.8, 4) is 17.4 Å². The SMILES string of the molecule is CC(NC(=O)C1CN(c2ccnc(-n3ccnc3)n2)CCO1)c1ccc2c(c1)OCO2. The van der Waals surface area contributed by atoms with Gasteiger partial charge in [-0.25, -0.2) is 9.97 Å². The van der Waals surface area contributed by atoms with Crippen molar-refractivity contribution in [1.29, 1.82) is 0 Å². The van der Waals surface area contributed by atoms with Gasteiger partial charge in [-0.2, -0.15) is 4.98 Å². The molecule has 2 aromatic heterocycles. The first-order valence-corrected chi connectivity index (χ1v) is 10.1. The molecule has 31 heavy (non-hydrogen) atoms. The first kappa shape index (κ1) is 19.3. The Morgan fingerprint density at radius 2 is 2.13 bits per heavy atom. The Labute approximate surface area is 178 Å². The van der Waals surface area contributed by atoms with Crippen LogP contribution in [0.3, 0.4) is 0 Å². The van der Waals surface area contributed by atoms with Gasteiger partial charge in [0.05, 0.1) is 19.2 Å². The average Bonchev–Trinajstić information content (AvgIpc) is 3.51. The summed E-state index contributed by atoms with van der Waals surface area (Å²) in [6.07, 6.45) is 6.20. The highest BCUT2D eigenvalue weighted by Crippen LogP contribution is 2.34. The molecule has 1 N–H and O–H groups in total. The van der Waals surface area contributed by atoms with Crippen molar-refractivity contribution in [2.75, 3.05) is 31.4 Å². The maximum Gasteiger partial charge on any atom is 0.251 e. The van der Waals surface area contributed by atoms with Crippen LogP contribution < -0.4 is 19.7 Å². The number of anilines is 1. The number of nitrogens with one attached hydrogen (secondary N) is 1.